The average Bonchev–Trinajstić information content (AvgIpc) is 2.33. The largest absolute Gasteiger partial charge is 0.319 e. The van der Waals surface area contributed by atoms with Gasteiger partial charge in [0.05, 0.1) is 11.5 Å². The standard InChI is InChI=1S/C13H19N3O3/c1-4-5-14-8-13(17)15-11-6-9(2)10(3)7-12(11)16(18)19/h6-7,14H,4-5,8H2,1-3H3,(H,15,17). The molecule has 0 aliphatic carbocycles. The monoisotopic (exact) mass is 265 g/mol. The summed E-state index contributed by atoms with van der Waals surface area (Å²) in [4.78, 5) is 22.1. The summed E-state index contributed by atoms with van der Waals surface area (Å²) in [7, 11) is 0. The SMILES string of the molecule is CCCNCC(=O)Nc1cc(C)c(C)cc1[N+](=O)[O-]. The van der Waals surface area contributed by atoms with Crippen LogP contribution in [0.25, 0.3) is 0 Å². The summed E-state index contributed by atoms with van der Waals surface area (Å²) in [5, 5.41) is 16.5. The molecule has 1 rings (SSSR count). The first-order valence-electron chi connectivity index (χ1n) is 6.22. The highest BCUT2D eigenvalue weighted by Gasteiger charge is 2.17. The van der Waals surface area contributed by atoms with Gasteiger partial charge in [-0.2, -0.15) is 0 Å². The van der Waals surface area contributed by atoms with Crippen molar-refractivity contribution in [2.24, 2.45) is 0 Å². The number of nitro benzene ring substituents is 1. The number of rotatable bonds is 6. The fourth-order valence-corrected chi connectivity index (χ4v) is 1.63. The zero-order valence-corrected chi connectivity index (χ0v) is 11.4. The molecule has 0 bridgehead atoms. The number of aryl methyl sites for hydroxylation is 2. The maximum atomic E-state index is 11.7. The predicted octanol–water partition coefficient (Wildman–Crippen LogP) is 2.15. The van der Waals surface area contributed by atoms with Crippen molar-refractivity contribution in [3.05, 3.63) is 33.4 Å². The first kappa shape index (κ1) is 15.1. The van der Waals surface area contributed by atoms with Gasteiger partial charge >= 0.3 is 0 Å². The summed E-state index contributed by atoms with van der Waals surface area (Å²) in [5.41, 5.74) is 1.90. The molecule has 0 aliphatic rings. The molecule has 0 fully saturated rings. The van der Waals surface area contributed by atoms with Gasteiger partial charge < -0.3 is 10.6 Å². The van der Waals surface area contributed by atoms with Gasteiger partial charge in [0.25, 0.3) is 5.69 Å². The Morgan fingerprint density at radius 1 is 1.32 bits per heavy atom. The Bertz CT molecular complexity index is 486. The van der Waals surface area contributed by atoms with E-state index in [0.717, 1.165) is 24.1 Å². The molecule has 0 saturated heterocycles. The van der Waals surface area contributed by atoms with Crippen molar-refractivity contribution < 1.29 is 9.72 Å². The van der Waals surface area contributed by atoms with Gasteiger partial charge in [-0.15, -0.1) is 0 Å². The minimum atomic E-state index is -0.485. The van der Waals surface area contributed by atoms with E-state index in [4.69, 9.17) is 0 Å². The van der Waals surface area contributed by atoms with Crippen molar-refractivity contribution in [2.45, 2.75) is 27.2 Å². The molecule has 19 heavy (non-hydrogen) atoms. The van der Waals surface area contributed by atoms with Crippen LogP contribution in [0, 0.1) is 24.0 Å². The molecule has 0 unspecified atom stereocenters. The van der Waals surface area contributed by atoms with Crippen LogP contribution in [0.4, 0.5) is 11.4 Å². The lowest BCUT2D eigenvalue weighted by Gasteiger charge is -2.09. The van der Waals surface area contributed by atoms with E-state index in [1.54, 1.807) is 13.0 Å². The van der Waals surface area contributed by atoms with E-state index in [-0.39, 0.29) is 23.8 Å². The summed E-state index contributed by atoms with van der Waals surface area (Å²) < 4.78 is 0. The third-order valence-corrected chi connectivity index (χ3v) is 2.80. The quantitative estimate of drug-likeness (QED) is 0.469. The fraction of sp³-hybridized carbons (Fsp3) is 0.462. The molecule has 6 heteroatoms. The van der Waals surface area contributed by atoms with E-state index in [9.17, 15) is 14.9 Å². The van der Waals surface area contributed by atoms with Gasteiger partial charge in [0.15, 0.2) is 0 Å². The second kappa shape index (κ2) is 6.84. The van der Waals surface area contributed by atoms with Crippen molar-refractivity contribution in [3.63, 3.8) is 0 Å². The van der Waals surface area contributed by atoms with Crippen molar-refractivity contribution in [1.82, 2.24) is 5.32 Å². The number of anilines is 1. The molecule has 0 atom stereocenters. The van der Waals surface area contributed by atoms with Gasteiger partial charge in [-0.25, -0.2) is 0 Å². The Labute approximate surface area is 112 Å². The number of nitrogens with zero attached hydrogens (tertiary/aromatic N) is 1. The van der Waals surface area contributed by atoms with Crippen molar-refractivity contribution >= 4 is 17.3 Å². The number of hydrogen-bond donors (Lipinski definition) is 2. The van der Waals surface area contributed by atoms with Crippen LogP contribution in [-0.4, -0.2) is 23.9 Å². The summed E-state index contributed by atoms with van der Waals surface area (Å²) in [5.74, 6) is -0.278. The lowest BCUT2D eigenvalue weighted by atomic mass is 10.1. The van der Waals surface area contributed by atoms with Crippen LogP contribution in [0.3, 0.4) is 0 Å². The first-order valence-corrected chi connectivity index (χ1v) is 6.22. The molecule has 0 heterocycles. The van der Waals surface area contributed by atoms with Gasteiger partial charge in [0.1, 0.15) is 5.69 Å². The van der Waals surface area contributed by atoms with Crippen LogP contribution >= 0.6 is 0 Å². The summed E-state index contributed by atoms with van der Waals surface area (Å²) in [6.45, 7) is 6.54. The Kier molecular flexibility index (Phi) is 5.44. The second-order valence-corrected chi connectivity index (χ2v) is 4.44. The highest BCUT2D eigenvalue weighted by molar-refractivity contribution is 5.94. The number of carbonyl (C=O) groups is 1. The summed E-state index contributed by atoms with van der Waals surface area (Å²) in [6.07, 6.45) is 0.928. The third-order valence-electron chi connectivity index (χ3n) is 2.80. The number of carbonyl (C=O) groups excluding carboxylic acids is 1. The van der Waals surface area contributed by atoms with Crippen molar-refractivity contribution in [3.8, 4) is 0 Å². The number of amides is 1. The number of benzene rings is 1. The molecule has 1 aromatic carbocycles. The molecule has 1 amide bonds. The normalized spacial score (nSPS) is 10.3. The Hall–Kier alpha value is -1.95. The first-order chi connectivity index (χ1) is 8.95. The molecule has 0 aromatic heterocycles. The topological polar surface area (TPSA) is 84.3 Å². The van der Waals surface area contributed by atoms with Crippen LogP contribution in [0.2, 0.25) is 0 Å². The van der Waals surface area contributed by atoms with E-state index in [1.807, 2.05) is 13.8 Å². The average molecular weight is 265 g/mol. The van der Waals surface area contributed by atoms with Gasteiger partial charge in [-0.1, -0.05) is 6.92 Å². The molecule has 0 saturated carbocycles. The molecule has 104 valence electrons. The highest BCUT2D eigenvalue weighted by atomic mass is 16.6. The molecule has 0 radical (unpaired) electrons. The Balaban J connectivity index is 2.84. The number of hydrogen-bond acceptors (Lipinski definition) is 4. The maximum Gasteiger partial charge on any atom is 0.293 e. The molecule has 0 aliphatic heterocycles. The van der Waals surface area contributed by atoms with E-state index in [0.29, 0.717) is 0 Å². The summed E-state index contributed by atoms with van der Waals surface area (Å²) in [6, 6.07) is 3.11. The lowest BCUT2D eigenvalue weighted by Crippen LogP contribution is -2.28. The fourth-order valence-electron chi connectivity index (χ4n) is 1.63. The van der Waals surface area contributed by atoms with Gasteiger partial charge in [0.2, 0.25) is 5.91 Å². The highest BCUT2D eigenvalue weighted by Crippen LogP contribution is 2.27. The minimum absolute atomic E-state index is 0.0769. The maximum absolute atomic E-state index is 11.7. The smallest absolute Gasteiger partial charge is 0.293 e. The van der Waals surface area contributed by atoms with Crippen molar-refractivity contribution in [1.29, 1.82) is 0 Å². The predicted molar refractivity (Wildman–Crippen MR) is 74.4 cm³/mol. The molecule has 0 spiro atoms. The molecular formula is C13H19N3O3. The van der Waals surface area contributed by atoms with E-state index in [1.165, 1.54) is 6.07 Å². The second-order valence-electron chi connectivity index (χ2n) is 4.44. The van der Waals surface area contributed by atoms with E-state index < -0.39 is 4.92 Å². The van der Waals surface area contributed by atoms with Crippen molar-refractivity contribution in [2.75, 3.05) is 18.4 Å². The van der Waals surface area contributed by atoms with Gasteiger partial charge in [-0.3, -0.25) is 14.9 Å². The van der Waals surface area contributed by atoms with Crippen LogP contribution in [-0.2, 0) is 4.79 Å². The van der Waals surface area contributed by atoms with Gasteiger partial charge in [0, 0.05) is 6.07 Å². The zero-order chi connectivity index (χ0) is 14.4. The minimum Gasteiger partial charge on any atom is -0.319 e. The Morgan fingerprint density at radius 3 is 2.53 bits per heavy atom. The van der Waals surface area contributed by atoms with Crippen LogP contribution in [0.15, 0.2) is 12.1 Å². The van der Waals surface area contributed by atoms with Crippen LogP contribution in [0.5, 0.6) is 0 Å². The third kappa shape index (κ3) is 4.33. The molecule has 6 nitrogen and oxygen atoms in total. The Morgan fingerprint density at radius 2 is 1.95 bits per heavy atom. The van der Waals surface area contributed by atoms with Crippen LogP contribution < -0.4 is 10.6 Å². The van der Waals surface area contributed by atoms with Gasteiger partial charge in [-0.05, 0) is 44.0 Å². The van der Waals surface area contributed by atoms with E-state index >= 15 is 0 Å². The lowest BCUT2D eigenvalue weighted by molar-refractivity contribution is -0.384. The molecule has 2 N–H and O–H groups in total. The molecular weight excluding hydrogens is 246 g/mol. The van der Waals surface area contributed by atoms with E-state index in [2.05, 4.69) is 10.6 Å². The summed E-state index contributed by atoms with van der Waals surface area (Å²) >= 11 is 0. The number of nitro groups is 1. The van der Waals surface area contributed by atoms with Crippen LogP contribution in [0.1, 0.15) is 24.5 Å². The number of nitrogens with one attached hydrogen (secondary N) is 2. The zero-order valence-electron chi connectivity index (χ0n) is 11.4. The molecule has 1 aromatic rings.